The van der Waals surface area contributed by atoms with Crippen LogP contribution in [0.2, 0.25) is 0 Å². The molecule has 1 aliphatic heterocycles. The number of nitrogens with one attached hydrogen (secondary N) is 1. The van der Waals surface area contributed by atoms with Crippen LogP contribution in [0.5, 0.6) is 0 Å². The van der Waals surface area contributed by atoms with E-state index in [9.17, 15) is 4.39 Å². The van der Waals surface area contributed by atoms with Crippen molar-refractivity contribution in [3.8, 4) is 0 Å². The molecule has 0 unspecified atom stereocenters. The Morgan fingerprint density at radius 1 is 1.42 bits per heavy atom. The zero-order valence-electron chi connectivity index (χ0n) is 14.1. The molecule has 3 atom stereocenters. The van der Waals surface area contributed by atoms with E-state index >= 15 is 0 Å². The molecule has 1 saturated carbocycles. The second-order valence-electron chi connectivity index (χ2n) is 7.25. The Hall–Kier alpha value is -2.22. The number of nitrogens with two attached hydrogens (primary N) is 1. The van der Waals surface area contributed by atoms with Crippen molar-refractivity contribution in [3.05, 3.63) is 24.4 Å². The Kier molecular flexibility index (Phi) is 3.12. The van der Waals surface area contributed by atoms with Crippen LogP contribution >= 0.6 is 0 Å². The minimum absolute atomic E-state index is 0.0708. The fourth-order valence-electron chi connectivity index (χ4n) is 4.39. The third-order valence-corrected chi connectivity index (χ3v) is 6.18. The van der Waals surface area contributed by atoms with Crippen LogP contribution in [-0.4, -0.2) is 39.4 Å². The maximum Gasteiger partial charge on any atom is 0.229 e. The smallest absolute Gasteiger partial charge is 0.229 e. The third-order valence-electron chi connectivity index (χ3n) is 6.18. The summed E-state index contributed by atoms with van der Waals surface area (Å²) in [7, 11) is 1.83. The first-order valence-corrected chi connectivity index (χ1v) is 8.13. The molecule has 8 heteroatoms. The van der Waals surface area contributed by atoms with Gasteiger partial charge in [0, 0.05) is 38.3 Å². The van der Waals surface area contributed by atoms with Crippen LogP contribution in [0.25, 0.3) is 0 Å². The first-order valence-electron chi connectivity index (χ1n) is 8.13. The lowest BCUT2D eigenvalue weighted by molar-refractivity contribution is 0.460. The summed E-state index contributed by atoms with van der Waals surface area (Å²) in [6.07, 6.45) is 4.69. The maximum absolute atomic E-state index is 14.3. The van der Waals surface area contributed by atoms with E-state index in [4.69, 9.17) is 5.73 Å². The summed E-state index contributed by atoms with van der Waals surface area (Å²) in [4.78, 5) is 10.4. The van der Waals surface area contributed by atoms with E-state index in [1.54, 1.807) is 10.9 Å². The van der Waals surface area contributed by atoms with Gasteiger partial charge >= 0.3 is 0 Å². The van der Waals surface area contributed by atoms with Crippen molar-refractivity contribution >= 4 is 17.5 Å². The molecule has 1 aliphatic carbocycles. The predicted molar refractivity (Wildman–Crippen MR) is 89.5 cm³/mol. The number of nitrogens with zero attached hydrogens (tertiary/aromatic N) is 5. The number of fused-ring (bicyclic) bond motifs is 1. The van der Waals surface area contributed by atoms with Crippen LogP contribution in [0.4, 0.5) is 21.8 Å². The highest BCUT2D eigenvalue weighted by Crippen LogP contribution is 2.72. The highest BCUT2D eigenvalue weighted by molar-refractivity contribution is 5.55. The lowest BCUT2D eigenvalue weighted by Gasteiger charge is -2.24. The minimum Gasteiger partial charge on any atom is -0.353 e. The van der Waals surface area contributed by atoms with E-state index in [1.807, 2.05) is 18.1 Å². The van der Waals surface area contributed by atoms with E-state index in [0.717, 1.165) is 18.8 Å². The van der Waals surface area contributed by atoms with Crippen molar-refractivity contribution in [2.45, 2.75) is 13.8 Å². The topological polar surface area (TPSA) is 84.9 Å². The first kappa shape index (κ1) is 15.3. The van der Waals surface area contributed by atoms with Gasteiger partial charge in [0.05, 0.1) is 18.1 Å². The van der Waals surface area contributed by atoms with Crippen molar-refractivity contribution in [3.63, 3.8) is 0 Å². The second-order valence-corrected chi connectivity index (χ2v) is 7.25. The van der Waals surface area contributed by atoms with Crippen LogP contribution in [-0.2, 0) is 7.05 Å². The summed E-state index contributed by atoms with van der Waals surface area (Å²) in [6, 6.07) is 0. The quantitative estimate of drug-likeness (QED) is 0.883. The van der Waals surface area contributed by atoms with Crippen molar-refractivity contribution < 1.29 is 4.39 Å². The zero-order chi connectivity index (χ0) is 17.1. The van der Waals surface area contributed by atoms with Gasteiger partial charge in [0.25, 0.3) is 0 Å². The molecule has 2 aliphatic rings. The van der Waals surface area contributed by atoms with Gasteiger partial charge in [-0.15, -0.1) is 0 Å². The van der Waals surface area contributed by atoms with Crippen LogP contribution < -0.4 is 16.0 Å². The molecule has 0 amide bonds. The normalized spacial score (nSPS) is 31.2. The minimum atomic E-state index is -0.406. The van der Waals surface area contributed by atoms with E-state index in [2.05, 4.69) is 34.2 Å². The van der Waals surface area contributed by atoms with Crippen molar-refractivity contribution in [1.82, 2.24) is 19.7 Å². The lowest BCUT2D eigenvalue weighted by atomic mass is 9.99. The van der Waals surface area contributed by atoms with Crippen LogP contribution in [0.3, 0.4) is 0 Å². The highest BCUT2D eigenvalue weighted by Gasteiger charge is 2.74. The Labute approximate surface area is 140 Å². The Morgan fingerprint density at radius 3 is 2.83 bits per heavy atom. The van der Waals surface area contributed by atoms with Crippen LogP contribution in [0.15, 0.2) is 18.6 Å². The number of anilines is 3. The first-order chi connectivity index (χ1) is 11.4. The van der Waals surface area contributed by atoms with Gasteiger partial charge in [-0.1, -0.05) is 13.8 Å². The van der Waals surface area contributed by atoms with Gasteiger partial charge in [0.1, 0.15) is 0 Å². The van der Waals surface area contributed by atoms with Gasteiger partial charge in [-0.2, -0.15) is 10.1 Å². The molecular weight excluding hydrogens is 309 g/mol. The van der Waals surface area contributed by atoms with Gasteiger partial charge in [0.15, 0.2) is 11.6 Å². The molecule has 2 aromatic heterocycles. The molecule has 2 fully saturated rings. The molecule has 3 heterocycles. The van der Waals surface area contributed by atoms with E-state index < -0.39 is 5.82 Å². The lowest BCUT2D eigenvalue weighted by Crippen LogP contribution is -2.32. The maximum atomic E-state index is 14.3. The molecule has 2 aromatic rings. The summed E-state index contributed by atoms with van der Waals surface area (Å²) in [5, 5.41) is 7.14. The molecule has 24 heavy (non-hydrogen) atoms. The van der Waals surface area contributed by atoms with Gasteiger partial charge in [0.2, 0.25) is 5.95 Å². The Morgan fingerprint density at radius 2 is 2.21 bits per heavy atom. The van der Waals surface area contributed by atoms with Crippen molar-refractivity contribution in [1.29, 1.82) is 0 Å². The highest BCUT2D eigenvalue weighted by atomic mass is 19.1. The molecule has 1 saturated heterocycles. The molecular formula is C16H22FN7. The summed E-state index contributed by atoms with van der Waals surface area (Å²) in [6.45, 7) is 6.59. The number of hydrogen-bond donors (Lipinski definition) is 2. The summed E-state index contributed by atoms with van der Waals surface area (Å²) in [5.74, 6) is 0.852. The molecule has 4 rings (SSSR count). The average molecular weight is 331 g/mol. The SMILES string of the molecule is C[C@@H]1[C@]2(CN)CN(c3nc(Nc4cnn(C)c4)ncc3F)C[C@]12C. The van der Waals surface area contributed by atoms with E-state index in [0.29, 0.717) is 24.2 Å². The largest absolute Gasteiger partial charge is 0.353 e. The summed E-state index contributed by atoms with van der Waals surface area (Å²) in [5.41, 5.74) is 6.99. The Balaban J connectivity index is 1.59. The third kappa shape index (κ3) is 1.95. The molecule has 128 valence electrons. The van der Waals surface area contributed by atoms with Crippen molar-refractivity contribution in [2.24, 2.45) is 29.5 Å². The van der Waals surface area contributed by atoms with Crippen molar-refractivity contribution in [2.75, 3.05) is 29.9 Å². The number of aryl methyl sites for hydroxylation is 1. The molecule has 0 spiro atoms. The number of halogens is 1. The second kappa shape index (κ2) is 4.89. The predicted octanol–water partition coefficient (Wildman–Crippen LogP) is 1.51. The fourth-order valence-corrected chi connectivity index (χ4v) is 4.39. The van der Waals surface area contributed by atoms with Gasteiger partial charge in [-0.25, -0.2) is 9.37 Å². The summed E-state index contributed by atoms with van der Waals surface area (Å²) < 4.78 is 16.0. The van der Waals surface area contributed by atoms with Crippen LogP contribution in [0, 0.1) is 22.6 Å². The Bertz CT molecular complexity index is 790. The number of rotatable bonds is 4. The van der Waals surface area contributed by atoms with Gasteiger partial charge in [-0.05, 0) is 11.3 Å². The number of aromatic nitrogens is 4. The fraction of sp³-hybridized carbons (Fsp3) is 0.562. The number of hydrogen-bond acceptors (Lipinski definition) is 6. The standard InChI is InChI=1S/C16H22FN7/c1-10-15(2)8-24(9-16(10,15)7-18)13-12(17)5-19-14(22-13)21-11-4-20-23(3)6-11/h4-6,10H,7-9,18H2,1-3H3,(H,19,21,22)/t10-,15+,16-/m0/s1. The average Bonchev–Trinajstić information content (AvgIpc) is 2.92. The monoisotopic (exact) mass is 331 g/mol. The molecule has 0 aromatic carbocycles. The zero-order valence-corrected chi connectivity index (χ0v) is 14.1. The van der Waals surface area contributed by atoms with Crippen LogP contribution in [0.1, 0.15) is 13.8 Å². The summed E-state index contributed by atoms with van der Waals surface area (Å²) >= 11 is 0. The van der Waals surface area contributed by atoms with E-state index in [1.165, 1.54) is 6.20 Å². The molecule has 0 radical (unpaired) electrons. The van der Waals surface area contributed by atoms with Gasteiger partial charge in [-0.3, -0.25) is 4.68 Å². The van der Waals surface area contributed by atoms with E-state index in [-0.39, 0.29) is 10.8 Å². The molecule has 3 N–H and O–H groups in total. The van der Waals surface area contributed by atoms with Gasteiger partial charge < -0.3 is 16.0 Å². The molecule has 0 bridgehead atoms. The number of piperidine rings is 1. The molecule has 7 nitrogen and oxygen atoms in total.